The highest BCUT2D eigenvalue weighted by molar-refractivity contribution is 6.36. The van der Waals surface area contributed by atoms with Gasteiger partial charge in [-0.3, -0.25) is 14.5 Å². The van der Waals surface area contributed by atoms with Gasteiger partial charge in [-0.2, -0.15) is 4.99 Å². The molecule has 1 aliphatic rings. The van der Waals surface area contributed by atoms with E-state index in [2.05, 4.69) is 15.1 Å². The maximum atomic E-state index is 12.9. The molecule has 0 bridgehead atoms. The minimum absolute atomic E-state index is 0.0413. The third-order valence-corrected chi connectivity index (χ3v) is 5.55. The molecule has 4 rings (SSSR count). The first kappa shape index (κ1) is 22.3. The van der Waals surface area contributed by atoms with Crippen LogP contribution in [0.4, 0.5) is 5.88 Å². The van der Waals surface area contributed by atoms with Gasteiger partial charge in [0.25, 0.3) is 11.8 Å². The molecule has 2 aromatic carbocycles. The molecule has 168 valence electrons. The zero-order chi connectivity index (χ0) is 23.4. The van der Waals surface area contributed by atoms with Gasteiger partial charge >= 0.3 is 0 Å². The summed E-state index contributed by atoms with van der Waals surface area (Å²) in [6.07, 6.45) is 1.21. The minimum atomic E-state index is -0.556. The van der Waals surface area contributed by atoms with Gasteiger partial charge < -0.3 is 9.26 Å². The molecule has 8 heteroatoms. The molecule has 1 aromatic heterocycles. The number of guanidine groups is 1. The second kappa shape index (κ2) is 9.30. The van der Waals surface area contributed by atoms with Crippen LogP contribution in [0.1, 0.15) is 41.0 Å². The Kier molecular flexibility index (Phi) is 6.28. The lowest BCUT2D eigenvalue weighted by molar-refractivity contribution is -0.120. The first-order chi connectivity index (χ1) is 15.9. The van der Waals surface area contributed by atoms with Crippen LogP contribution in [0.25, 0.3) is 0 Å². The summed E-state index contributed by atoms with van der Waals surface area (Å²) >= 11 is 0. The van der Waals surface area contributed by atoms with Crippen LogP contribution < -0.4 is 0 Å². The van der Waals surface area contributed by atoms with Gasteiger partial charge in [-0.05, 0) is 11.6 Å². The molecular formula is C25H24N4O4. The molecule has 0 aliphatic carbocycles. The van der Waals surface area contributed by atoms with Crippen molar-refractivity contribution in [2.45, 2.75) is 19.3 Å². The highest BCUT2D eigenvalue weighted by Crippen LogP contribution is 2.33. The number of ether oxygens (including phenoxy) is 1. The quantitative estimate of drug-likeness (QED) is 0.493. The van der Waals surface area contributed by atoms with Crippen molar-refractivity contribution in [3.8, 4) is 0 Å². The van der Waals surface area contributed by atoms with E-state index in [9.17, 15) is 9.59 Å². The van der Waals surface area contributed by atoms with Crippen molar-refractivity contribution in [3.63, 3.8) is 0 Å². The smallest absolute Gasteiger partial charge is 0.272 e. The monoisotopic (exact) mass is 444 g/mol. The normalized spacial score (nSPS) is 14.9. The fraction of sp³-hybridized carbons (Fsp3) is 0.240. The zero-order valence-corrected chi connectivity index (χ0v) is 18.7. The number of carbonyl (C=O) groups excluding carboxylic acids is 2. The summed E-state index contributed by atoms with van der Waals surface area (Å²) in [6, 6.07) is 18.4. The van der Waals surface area contributed by atoms with Crippen LogP contribution in [0.2, 0.25) is 0 Å². The molecule has 0 radical (unpaired) electrons. The SMILES string of the molecule is COCCN1C(=O)C=NC1=Nc1cc(C(C)(C)c2cccc(C(=O)c3ccccc3)c2)no1. The predicted molar refractivity (Wildman–Crippen MR) is 124 cm³/mol. The highest BCUT2D eigenvalue weighted by atomic mass is 16.5. The molecule has 8 nitrogen and oxygen atoms in total. The fourth-order valence-corrected chi connectivity index (χ4v) is 3.50. The summed E-state index contributed by atoms with van der Waals surface area (Å²) in [5.74, 6) is 0.165. The lowest BCUT2D eigenvalue weighted by Gasteiger charge is -2.22. The Hall–Kier alpha value is -3.91. The molecule has 0 fully saturated rings. The number of carbonyl (C=O) groups is 2. The number of hydrogen-bond donors (Lipinski definition) is 0. The zero-order valence-electron chi connectivity index (χ0n) is 18.7. The lowest BCUT2D eigenvalue weighted by atomic mass is 9.80. The van der Waals surface area contributed by atoms with E-state index in [-0.39, 0.29) is 23.5 Å². The molecule has 33 heavy (non-hydrogen) atoms. The van der Waals surface area contributed by atoms with E-state index in [1.165, 1.54) is 11.1 Å². The van der Waals surface area contributed by atoms with Crippen molar-refractivity contribution < 1.29 is 18.8 Å². The molecule has 0 spiro atoms. The third-order valence-electron chi connectivity index (χ3n) is 5.55. The molecule has 3 aromatic rings. The number of aromatic nitrogens is 1. The Morgan fingerprint density at radius 3 is 2.61 bits per heavy atom. The van der Waals surface area contributed by atoms with Crippen molar-refractivity contribution in [3.05, 3.63) is 83.0 Å². The molecule has 1 aliphatic heterocycles. The molecule has 0 saturated carbocycles. The second-order valence-corrected chi connectivity index (χ2v) is 8.10. The van der Waals surface area contributed by atoms with Crippen LogP contribution >= 0.6 is 0 Å². The Labute approximate surface area is 191 Å². The van der Waals surface area contributed by atoms with E-state index < -0.39 is 5.41 Å². The molecule has 2 heterocycles. The number of hydrogen-bond acceptors (Lipinski definition) is 6. The Morgan fingerprint density at radius 1 is 1.09 bits per heavy atom. The minimum Gasteiger partial charge on any atom is -0.383 e. The van der Waals surface area contributed by atoms with Crippen molar-refractivity contribution in [1.29, 1.82) is 0 Å². The average molecular weight is 444 g/mol. The average Bonchev–Trinajstić information content (AvgIpc) is 3.45. The van der Waals surface area contributed by atoms with E-state index in [0.717, 1.165) is 5.56 Å². The van der Waals surface area contributed by atoms with Crippen LogP contribution in [0, 0.1) is 0 Å². The summed E-state index contributed by atoms with van der Waals surface area (Å²) in [7, 11) is 1.56. The van der Waals surface area contributed by atoms with E-state index in [0.29, 0.717) is 30.0 Å². The van der Waals surface area contributed by atoms with Crippen molar-refractivity contribution in [2.24, 2.45) is 9.98 Å². The number of amides is 1. The summed E-state index contributed by atoms with van der Waals surface area (Å²) < 4.78 is 10.5. The Bertz CT molecular complexity index is 1230. The number of nitrogens with zero attached hydrogens (tertiary/aromatic N) is 4. The highest BCUT2D eigenvalue weighted by Gasteiger charge is 2.29. The van der Waals surface area contributed by atoms with Crippen molar-refractivity contribution >= 4 is 29.7 Å². The van der Waals surface area contributed by atoms with E-state index >= 15 is 0 Å². The molecule has 0 saturated heterocycles. The summed E-state index contributed by atoms with van der Waals surface area (Å²) in [5.41, 5.74) is 2.23. The van der Waals surface area contributed by atoms with Crippen molar-refractivity contribution in [2.75, 3.05) is 20.3 Å². The fourth-order valence-electron chi connectivity index (χ4n) is 3.50. The third kappa shape index (κ3) is 4.65. The number of benzene rings is 2. The van der Waals surface area contributed by atoms with Crippen LogP contribution in [-0.4, -0.2) is 54.2 Å². The Balaban J connectivity index is 1.59. The maximum Gasteiger partial charge on any atom is 0.272 e. The van der Waals surface area contributed by atoms with Gasteiger partial charge in [0.15, 0.2) is 5.78 Å². The number of methoxy groups -OCH3 is 1. The molecular weight excluding hydrogens is 420 g/mol. The van der Waals surface area contributed by atoms with Crippen molar-refractivity contribution in [1.82, 2.24) is 10.1 Å². The molecule has 0 unspecified atom stereocenters. The van der Waals surface area contributed by atoms with Gasteiger partial charge in [-0.1, -0.05) is 67.5 Å². The van der Waals surface area contributed by atoms with Gasteiger partial charge in [0.1, 0.15) is 0 Å². The molecule has 0 N–H and O–H groups in total. The molecule has 1 amide bonds. The lowest BCUT2D eigenvalue weighted by Crippen LogP contribution is -2.33. The topological polar surface area (TPSA) is 97.4 Å². The van der Waals surface area contributed by atoms with Gasteiger partial charge in [0.2, 0.25) is 5.96 Å². The van der Waals surface area contributed by atoms with Crippen LogP contribution in [-0.2, 0) is 14.9 Å². The summed E-state index contributed by atoms with van der Waals surface area (Å²) in [4.78, 5) is 34.7. The predicted octanol–water partition coefficient (Wildman–Crippen LogP) is 3.78. The first-order valence-corrected chi connectivity index (χ1v) is 10.5. The van der Waals surface area contributed by atoms with Gasteiger partial charge in [-0.15, -0.1) is 0 Å². The van der Waals surface area contributed by atoms with Gasteiger partial charge in [-0.25, -0.2) is 4.99 Å². The summed E-state index contributed by atoms with van der Waals surface area (Å²) in [6.45, 7) is 4.69. The maximum absolute atomic E-state index is 12.9. The van der Waals surface area contributed by atoms with Crippen LogP contribution in [0.5, 0.6) is 0 Å². The van der Waals surface area contributed by atoms with Gasteiger partial charge in [0, 0.05) is 29.7 Å². The van der Waals surface area contributed by atoms with E-state index in [1.54, 1.807) is 31.4 Å². The number of ketones is 1. The largest absolute Gasteiger partial charge is 0.383 e. The molecule has 0 atom stereocenters. The summed E-state index contributed by atoms with van der Waals surface area (Å²) in [5, 5.41) is 4.20. The van der Waals surface area contributed by atoms with Crippen LogP contribution in [0.15, 0.2) is 75.2 Å². The second-order valence-electron chi connectivity index (χ2n) is 8.10. The number of rotatable bonds is 8. The van der Waals surface area contributed by atoms with E-state index in [4.69, 9.17) is 9.26 Å². The van der Waals surface area contributed by atoms with Gasteiger partial charge in [0.05, 0.1) is 25.1 Å². The standard InChI is InChI=1S/C25H24N4O4/c1-25(2,19-11-7-10-18(14-19)23(31)17-8-5-4-6-9-17)20-15-21(33-28-20)27-24-26-16-22(30)29(24)12-13-32-3/h4-11,14-16H,12-13H2,1-3H3. The van der Waals surface area contributed by atoms with E-state index in [1.807, 2.05) is 50.2 Å². The van der Waals surface area contributed by atoms with Crippen LogP contribution in [0.3, 0.4) is 0 Å². The Morgan fingerprint density at radius 2 is 1.85 bits per heavy atom. The number of aliphatic imine (C=N–C) groups is 2. The first-order valence-electron chi connectivity index (χ1n) is 10.5.